The molecule has 0 saturated heterocycles. The minimum Gasteiger partial charge on any atom is -0.399 e. The van der Waals surface area contributed by atoms with Crippen molar-refractivity contribution >= 4 is 23.1 Å². The van der Waals surface area contributed by atoms with E-state index in [2.05, 4.69) is 20.6 Å². The highest BCUT2D eigenvalue weighted by Crippen LogP contribution is 2.16. The van der Waals surface area contributed by atoms with Gasteiger partial charge in [0.05, 0.1) is 0 Å². The molecule has 0 aliphatic heterocycles. The van der Waals surface area contributed by atoms with Gasteiger partial charge in [0, 0.05) is 29.7 Å². The van der Waals surface area contributed by atoms with E-state index in [1.165, 1.54) is 0 Å². The first-order valence-corrected chi connectivity index (χ1v) is 5.89. The summed E-state index contributed by atoms with van der Waals surface area (Å²) in [5.74, 6) is 1.40. The maximum Gasteiger partial charge on any atom is 0.229 e. The third kappa shape index (κ3) is 3.10. The predicted molar refractivity (Wildman–Crippen MR) is 75.1 cm³/mol. The summed E-state index contributed by atoms with van der Waals surface area (Å²) in [5, 5.41) is 6.33. The lowest BCUT2D eigenvalue weighted by molar-refractivity contribution is 1.08. The zero-order chi connectivity index (χ0) is 13.0. The van der Waals surface area contributed by atoms with E-state index in [1.54, 1.807) is 0 Å². The molecule has 0 saturated carbocycles. The first kappa shape index (κ1) is 12.2. The van der Waals surface area contributed by atoms with Gasteiger partial charge in [-0.1, -0.05) is 0 Å². The molecule has 0 aliphatic rings. The van der Waals surface area contributed by atoms with Gasteiger partial charge in [0.1, 0.15) is 5.82 Å². The van der Waals surface area contributed by atoms with Crippen molar-refractivity contribution < 1.29 is 0 Å². The first-order chi connectivity index (χ1) is 8.67. The van der Waals surface area contributed by atoms with Crippen molar-refractivity contribution in [3.05, 3.63) is 36.0 Å². The number of aryl methyl sites for hydroxylation is 1. The molecule has 0 fully saturated rings. The van der Waals surface area contributed by atoms with E-state index >= 15 is 0 Å². The summed E-state index contributed by atoms with van der Waals surface area (Å²) in [6, 6.07) is 9.38. The third-order valence-corrected chi connectivity index (χ3v) is 2.38. The predicted octanol–water partition coefficient (Wildman–Crippen LogP) is 2.54. The number of nitrogens with one attached hydrogen (secondary N) is 2. The van der Waals surface area contributed by atoms with E-state index in [-0.39, 0.29) is 0 Å². The molecule has 0 amide bonds. The van der Waals surface area contributed by atoms with Crippen LogP contribution in [0.1, 0.15) is 12.6 Å². The Morgan fingerprint density at radius 2 is 1.89 bits per heavy atom. The molecule has 0 bridgehead atoms. The Morgan fingerprint density at radius 3 is 2.56 bits per heavy atom. The molecule has 5 nitrogen and oxygen atoms in total. The Hall–Kier alpha value is -2.30. The third-order valence-electron chi connectivity index (χ3n) is 2.38. The second-order valence-corrected chi connectivity index (χ2v) is 4.00. The fraction of sp³-hybridized carbons (Fsp3) is 0.231. The van der Waals surface area contributed by atoms with Gasteiger partial charge in [0.2, 0.25) is 5.95 Å². The molecule has 2 aromatic rings. The highest BCUT2D eigenvalue weighted by atomic mass is 15.1. The summed E-state index contributed by atoms with van der Waals surface area (Å²) >= 11 is 0. The minimum absolute atomic E-state index is 0.579. The van der Waals surface area contributed by atoms with Crippen molar-refractivity contribution in [1.82, 2.24) is 9.97 Å². The minimum atomic E-state index is 0.579. The van der Waals surface area contributed by atoms with Crippen molar-refractivity contribution in [2.24, 2.45) is 0 Å². The highest BCUT2D eigenvalue weighted by Gasteiger charge is 2.02. The van der Waals surface area contributed by atoms with Crippen molar-refractivity contribution in [2.45, 2.75) is 13.8 Å². The molecule has 0 radical (unpaired) electrons. The van der Waals surface area contributed by atoms with E-state index in [9.17, 15) is 0 Å². The smallest absolute Gasteiger partial charge is 0.229 e. The number of nitrogens with zero attached hydrogens (tertiary/aromatic N) is 2. The number of anilines is 4. The Balaban J connectivity index is 2.20. The molecule has 4 N–H and O–H groups in total. The maximum absolute atomic E-state index is 5.64. The number of hydrogen-bond donors (Lipinski definition) is 3. The zero-order valence-corrected chi connectivity index (χ0v) is 10.6. The number of benzene rings is 1. The van der Waals surface area contributed by atoms with Crippen LogP contribution in [0, 0.1) is 6.92 Å². The highest BCUT2D eigenvalue weighted by molar-refractivity contribution is 5.58. The van der Waals surface area contributed by atoms with Crippen molar-refractivity contribution in [3.8, 4) is 0 Å². The van der Waals surface area contributed by atoms with Gasteiger partial charge in [0.15, 0.2) is 0 Å². The van der Waals surface area contributed by atoms with E-state index < -0.39 is 0 Å². The number of rotatable bonds is 4. The van der Waals surface area contributed by atoms with Gasteiger partial charge in [-0.05, 0) is 38.1 Å². The molecule has 18 heavy (non-hydrogen) atoms. The summed E-state index contributed by atoms with van der Waals surface area (Å²) in [6.45, 7) is 4.80. The van der Waals surface area contributed by atoms with Gasteiger partial charge >= 0.3 is 0 Å². The monoisotopic (exact) mass is 243 g/mol. The van der Waals surface area contributed by atoms with Crippen LogP contribution in [0.15, 0.2) is 30.3 Å². The lowest BCUT2D eigenvalue weighted by Crippen LogP contribution is -2.04. The standard InChI is InChI=1S/C13H17N5/c1-3-15-12-8-9(2)16-13(18-12)17-11-6-4-10(14)5-7-11/h4-8H,3,14H2,1-2H3,(H2,15,16,17,18). The summed E-state index contributed by atoms with van der Waals surface area (Å²) in [4.78, 5) is 8.72. The lowest BCUT2D eigenvalue weighted by Gasteiger charge is -2.08. The molecule has 0 unspecified atom stereocenters. The Kier molecular flexibility index (Phi) is 3.62. The van der Waals surface area contributed by atoms with Crippen molar-refractivity contribution in [3.63, 3.8) is 0 Å². The topological polar surface area (TPSA) is 75.9 Å². The summed E-state index contributed by atoms with van der Waals surface area (Å²) < 4.78 is 0. The van der Waals surface area contributed by atoms with Gasteiger partial charge < -0.3 is 16.4 Å². The van der Waals surface area contributed by atoms with Crippen LogP contribution in [0.3, 0.4) is 0 Å². The van der Waals surface area contributed by atoms with Gasteiger partial charge in [-0.15, -0.1) is 0 Å². The molecule has 94 valence electrons. The van der Waals surface area contributed by atoms with Crippen LogP contribution in [0.25, 0.3) is 0 Å². The van der Waals surface area contributed by atoms with Crippen LogP contribution in [-0.4, -0.2) is 16.5 Å². The van der Waals surface area contributed by atoms with Crippen LogP contribution in [-0.2, 0) is 0 Å². The number of aromatic nitrogens is 2. The fourth-order valence-corrected chi connectivity index (χ4v) is 1.59. The second-order valence-electron chi connectivity index (χ2n) is 4.00. The Morgan fingerprint density at radius 1 is 1.17 bits per heavy atom. The summed E-state index contributed by atoms with van der Waals surface area (Å²) in [6.07, 6.45) is 0. The van der Waals surface area contributed by atoms with Crippen LogP contribution in [0.5, 0.6) is 0 Å². The molecular formula is C13H17N5. The summed E-state index contributed by atoms with van der Waals surface area (Å²) in [5.41, 5.74) is 8.20. The molecule has 0 spiro atoms. The molecule has 0 aliphatic carbocycles. The largest absolute Gasteiger partial charge is 0.399 e. The number of nitrogens with two attached hydrogens (primary N) is 1. The number of hydrogen-bond acceptors (Lipinski definition) is 5. The molecular weight excluding hydrogens is 226 g/mol. The molecule has 5 heteroatoms. The summed E-state index contributed by atoms with van der Waals surface area (Å²) in [7, 11) is 0. The van der Waals surface area contributed by atoms with Crippen LogP contribution in [0.4, 0.5) is 23.1 Å². The Labute approximate surface area is 106 Å². The SMILES string of the molecule is CCNc1cc(C)nc(Nc2ccc(N)cc2)n1. The van der Waals surface area contributed by atoms with Crippen LogP contribution >= 0.6 is 0 Å². The van der Waals surface area contributed by atoms with E-state index in [0.717, 1.165) is 29.4 Å². The normalized spacial score (nSPS) is 10.1. The molecule has 2 rings (SSSR count). The average Bonchev–Trinajstić information content (AvgIpc) is 2.32. The zero-order valence-electron chi connectivity index (χ0n) is 10.6. The van der Waals surface area contributed by atoms with Gasteiger partial charge in [-0.3, -0.25) is 0 Å². The van der Waals surface area contributed by atoms with Crippen LogP contribution in [0.2, 0.25) is 0 Å². The van der Waals surface area contributed by atoms with Gasteiger partial charge in [-0.25, -0.2) is 4.98 Å². The maximum atomic E-state index is 5.64. The van der Waals surface area contributed by atoms with E-state index in [1.807, 2.05) is 44.2 Å². The fourth-order valence-electron chi connectivity index (χ4n) is 1.59. The quantitative estimate of drug-likeness (QED) is 0.719. The van der Waals surface area contributed by atoms with Gasteiger partial charge in [-0.2, -0.15) is 4.98 Å². The second kappa shape index (κ2) is 5.35. The van der Waals surface area contributed by atoms with Gasteiger partial charge in [0.25, 0.3) is 0 Å². The molecule has 1 aromatic heterocycles. The first-order valence-electron chi connectivity index (χ1n) is 5.89. The van der Waals surface area contributed by atoms with Crippen LogP contribution < -0.4 is 16.4 Å². The van der Waals surface area contributed by atoms with E-state index in [4.69, 9.17) is 5.73 Å². The number of nitrogen functional groups attached to an aromatic ring is 1. The Bertz CT molecular complexity index is 521. The average molecular weight is 243 g/mol. The molecule has 1 heterocycles. The lowest BCUT2D eigenvalue weighted by atomic mass is 10.3. The van der Waals surface area contributed by atoms with Crippen molar-refractivity contribution in [2.75, 3.05) is 22.9 Å². The van der Waals surface area contributed by atoms with Crippen molar-refractivity contribution in [1.29, 1.82) is 0 Å². The van der Waals surface area contributed by atoms with E-state index in [0.29, 0.717) is 5.95 Å². The molecule has 0 atom stereocenters. The molecule has 1 aromatic carbocycles.